The Kier molecular flexibility index (Phi) is 5.36. The highest BCUT2D eigenvalue weighted by Crippen LogP contribution is 2.70. The Morgan fingerprint density at radius 1 is 0.966 bits per heavy atom. The lowest BCUT2D eigenvalue weighted by Crippen LogP contribution is -2.27. The van der Waals surface area contributed by atoms with Crippen LogP contribution in [-0.4, -0.2) is 15.4 Å². The normalized spacial score (nSPS) is 22.1. The molecule has 1 aliphatic rings. The Bertz CT molecular complexity index is 1040. The highest BCUT2D eigenvalue weighted by Gasteiger charge is 2.81. The zero-order chi connectivity index (χ0) is 20.6. The van der Waals surface area contributed by atoms with Crippen molar-refractivity contribution in [1.29, 1.82) is 0 Å². The molecule has 6 heteroatoms. The molecule has 0 spiro atoms. The first-order valence-electron chi connectivity index (χ1n) is 9.05. The standard InChI is InChI=1S/C23H17BrCl2O3/c24-17-11-9-16(10-12-17)22(21(27)28)20(23(22,25)26)14-15-5-4-8-19(13-15)29-18-6-2-1-3-7-18/h1-13,20H,14H2,(H,27,28). The van der Waals surface area contributed by atoms with Crippen LogP contribution in [-0.2, 0) is 16.6 Å². The molecule has 0 aliphatic heterocycles. The number of halogens is 3. The first-order valence-corrected chi connectivity index (χ1v) is 10.6. The number of carbonyl (C=O) groups is 1. The number of hydrogen-bond donors (Lipinski definition) is 1. The van der Waals surface area contributed by atoms with Gasteiger partial charge in [-0.1, -0.05) is 81.6 Å². The van der Waals surface area contributed by atoms with Gasteiger partial charge in [0.1, 0.15) is 21.2 Å². The van der Waals surface area contributed by atoms with Gasteiger partial charge in [-0.15, -0.1) is 0 Å². The van der Waals surface area contributed by atoms with Gasteiger partial charge in [0.2, 0.25) is 0 Å². The number of benzene rings is 3. The van der Waals surface area contributed by atoms with Crippen LogP contribution in [0.5, 0.6) is 11.5 Å². The minimum Gasteiger partial charge on any atom is -0.480 e. The van der Waals surface area contributed by atoms with Crippen LogP contribution in [0.3, 0.4) is 0 Å². The fraction of sp³-hybridized carbons (Fsp3) is 0.174. The van der Waals surface area contributed by atoms with E-state index in [1.54, 1.807) is 24.3 Å². The Morgan fingerprint density at radius 3 is 2.28 bits per heavy atom. The van der Waals surface area contributed by atoms with Gasteiger partial charge in [0.05, 0.1) is 0 Å². The third kappa shape index (κ3) is 3.54. The van der Waals surface area contributed by atoms with Crippen molar-refractivity contribution < 1.29 is 14.6 Å². The molecule has 3 nitrogen and oxygen atoms in total. The summed E-state index contributed by atoms with van der Waals surface area (Å²) < 4.78 is 5.34. The largest absolute Gasteiger partial charge is 0.480 e. The van der Waals surface area contributed by atoms with Gasteiger partial charge in [-0.25, -0.2) is 0 Å². The van der Waals surface area contributed by atoms with Crippen molar-refractivity contribution in [1.82, 2.24) is 0 Å². The van der Waals surface area contributed by atoms with E-state index < -0.39 is 21.6 Å². The van der Waals surface area contributed by atoms with E-state index in [-0.39, 0.29) is 0 Å². The number of ether oxygens (including phenoxy) is 1. The molecule has 2 atom stereocenters. The Hall–Kier alpha value is -2.01. The summed E-state index contributed by atoms with van der Waals surface area (Å²) in [5, 5.41) is 10.1. The highest BCUT2D eigenvalue weighted by atomic mass is 79.9. The second-order valence-electron chi connectivity index (χ2n) is 7.06. The molecule has 1 aliphatic carbocycles. The molecule has 1 N–H and O–H groups in total. The minimum atomic E-state index is -1.40. The summed E-state index contributed by atoms with van der Waals surface area (Å²) >= 11 is 16.5. The highest BCUT2D eigenvalue weighted by molar-refractivity contribution is 9.10. The molecule has 3 aromatic carbocycles. The van der Waals surface area contributed by atoms with E-state index >= 15 is 0 Å². The van der Waals surface area contributed by atoms with Crippen LogP contribution in [0, 0.1) is 5.92 Å². The van der Waals surface area contributed by atoms with Crippen LogP contribution in [0.4, 0.5) is 0 Å². The fourth-order valence-electron chi connectivity index (χ4n) is 3.87. The number of carboxylic acids is 1. The van der Waals surface area contributed by atoms with Gasteiger partial charge in [-0.2, -0.15) is 0 Å². The summed E-state index contributed by atoms with van der Waals surface area (Å²) in [5.41, 5.74) is 0.154. The molecule has 4 rings (SSSR count). The molecule has 29 heavy (non-hydrogen) atoms. The number of rotatable bonds is 6. The van der Waals surface area contributed by atoms with Crippen molar-refractivity contribution in [2.24, 2.45) is 5.92 Å². The van der Waals surface area contributed by atoms with E-state index in [0.29, 0.717) is 17.7 Å². The first kappa shape index (κ1) is 20.3. The molecule has 0 aromatic heterocycles. The molecule has 0 heterocycles. The Labute approximate surface area is 187 Å². The zero-order valence-corrected chi connectivity index (χ0v) is 18.3. The van der Waals surface area contributed by atoms with Crippen LogP contribution in [0.15, 0.2) is 83.3 Å². The summed E-state index contributed by atoms with van der Waals surface area (Å²) in [6, 6.07) is 24.1. The van der Waals surface area contributed by atoms with Crippen LogP contribution in [0.1, 0.15) is 11.1 Å². The molecule has 0 bridgehead atoms. The lowest BCUT2D eigenvalue weighted by molar-refractivity contribution is -0.140. The lowest BCUT2D eigenvalue weighted by Gasteiger charge is -2.14. The first-order chi connectivity index (χ1) is 13.9. The maximum atomic E-state index is 12.3. The predicted molar refractivity (Wildman–Crippen MR) is 118 cm³/mol. The quantitative estimate of drug-likeness (QED) is 0.394. The van der Waals surface area contributed by atoms with Crippen molar-refractivity contribution >= 4 is 45.1 Å². The number of carboxylic acid groups (broad SMARTS) is 1. The second-order valence-corrected chi connectivity index (χ2v) is 9.36. The predicted octanol–water partition coefficient (Wildman–Crippen LogP) is 6.61. The van der Waals surface area contributed by atoms with Crippen molar-refractivity contribution in [2.75, 3.05) is 0 Å². The monoisotopic (exact) mass is 490 g/mol. The zero-order valence-electron chi connectivity index (χ0n) is 15.2. The van der Waals surface area contributed by atoms with E-state index in [9.17, 15) is 9.90 Å². The van der Waals surface area contributed by atoms with Gasteiger partial charge >= 0.3 is 5.97 Å². The van der Waals surface area contributed by atoms with Crippen molar-refractivity contribution in [3.63, 3.8) is 0 Å². The molecule has 1 fully saturated rings. The van der Waals surface area contributed by atoms with E-state index in [2.05, 4.69) is 15.9 Å². The maximum absolute atomic E-state index is 12.3. The summed E-state index contributed by atoms with van der Waals surface area (Å²) in [7, 11) is 0. The van der Waals surface area contributed by atoms with Crippen LogP contribution >= 0.6 is 39.1 Å². The van der Waals surface area contributed by atoms with E-state index in [1.165, 1.54) is 0 Å². The average molecular weight is 492 g/mol. The SMILES string of the molecule is O=C(O)C1(c2ccc(Br)cc2)C(Cc2cccc(Oc3ccccc3)c2)C1(Cl)Cl. The van der Waals surface area contributed by atoms with E-state index in [4.69, 9.17) is 27.9 Å². The van der Waals surface area contributed by atoms with Crippen LogP contribution < -0.4 is 4.74 Å². The molecule has 3 aromatic rings. The molecule has 0 saturated heterocycles. The summed E-state index contributed by atoms with van der Waals surface area (Å²) in [4.78, 5) is 12.3. The van der Waals surface area contributed by atoms with Crippen molar-refractivity contribution in [3.8, 4) is 11.5 Å². The van der Waals surface area contributed by atoms with Gasteiger partial charge in [0, 0.05) is 10.4 Å². The molecule has 148 valence electrons. The summed E-state index contributed by atoms with van der Waals surface area (Å²) in [6.07, 6.45) is 0.418. The number of aliphatic carboxylic acids is 1. The number of hydrogen-bond acceptors (Lipinski definition) is 2. The number of para-hydroxylation sites is 1. The van der Waals surface area contributed by atoms with Crippen LogP contribution in [0.2, 0.25) is 0 Å². The smallest absolute Gasteiger partial charge is 0.317 e. The topological polar surface area (TPSA) is 46.5 Å². The van der Waals surface area contributed by atoms with Gasteiger partial charge < -0.3 is 9.84 Å². The Morgan fingerprint density at radius 2 is 1.62 bits per heavy atom. The molecule has 0 amide bonds. The fourth-order valence-corrected chi connectivity index (χ4v) is 5.15. The number of alkyl halides is 2. The van der Waals surface area contributed by atoms with Crippen LogP contribution in [0.25, 0.3) is 0 Å². The second kappa shape index (κ2) is 7.67. The molecule has 1 saturated carbocycles. The van der Waals surface area contributed by atoms with Gasteiger partial charge in [0.15, 0.2) is 0 Å². The average Bonchev–Trinajstić information content (AvgIpc) is 3.19. The Balaban J connectivity index is 1.61. The van der Waals surface area contributed by atoms with E-state index in [0.717, 1.165) is 15.8 Å². The lowest BCUT2D eigenvalue weighted by atomic mass is 9.91. The maximum Gasteiger partial charge on any atom is 0.317 e. The minimum absolute atomic E-state index is 0.418. The van der Waals surface area contributed by atoms with Gasteiger partial charge in [-0.3, -0.25) is 4.79 Å². The van der Waals surface area contributed by atoms with Gasteiger partial charge in [-0.05, 0) is 53.9 Å². The molecule has 0 radical (unpaired) electrons. The third-order valence-electron chi connectivity index (χ3n) is 5.36. The van der Waals surface area contributed by atoms with Crippen molar-refractivity contribution in [3.05, 3.63) is 94.5 Å². The summed E-state index contributed by atoms with van der Waals surface area (Å²) in [6.45, 7) is 0. The molecular formula is C23H17BrCl2O3. The molecular weight excluding hydrogens is 475 g/mol. The third-order valence-corrected chi connectivity index (χ3v) is 7.01. The summed E-state index contributed by atoms with van der Waals surface area (Å²) in [5.74, 6) is -0.0843. The van der Waals surface area contributed by atoms with Gasteiger partial charge in [0.25, 0.3) is 0 Å². The van der Waals surface area contributed by atoms with E-state index in [1.807, 2.05) is 54.6 Å². The molecule has 2 unspecified atom stereocenters. The van der Waals surface area contributed by atoms with Crippen molar-refractivity contribution in [2.45, 2.75) is 16.2 Å².